The predicted molar refractivity (Wildman–Crippen MR) is 123 cm³/mol. The number of aromatic nitrogens is 4. The van der Waals surface area contributed by atoms with Crippen molar-refractivity contribution in [1.82, 2.24) is 30.2 Å². The van der Waals surface area contributed by atoms with Crippen LogP contribution in [0.2, 0.25) is 0 Å². The van der Waals surface area contributed by atoms with Crippen LogP contribution in [0.25, 0.3) is 16.7 Å². The molecule has 0 saturated heterocycles. The first-order chi connectivity index (χ1) is 16.9. The number of H-pyrrole nitrogens is 1. The van der Waals surface area contributed by atoms with Crippen LogP contribution in [0.1, 0.15) is 37.7 Å². The van der Waals surface area contributed by atoms with Gasteiger partial charge in [0.1, 0.15) is 17.2 Å². The predicted octanol–water partition coefficient (Wildman–Crippen LogP) is 2.47. The number of amides is 2. The highest BCUT2D eigenvalue weighted by molar-refractivity contribution is 5.98. The van der Waals surface area contributed by atoms with Crippen molar-refractivity contribution in [2.45, 2.75) is 20.0 Å². The maximum atomic E-state index is 13.8. The van der Waals surface area contributed by atoms with Crippen LogP contribution in [0.5, 0.6) is 0 Å². The normalized spacial score (nSPS) is 11.1. The number of nitrogens with zero attached hydrogens (tertiary/aromatic N) is 3. The molecular weight excluding hydrogens is 455 g/mol. The van der Waals surface area contributed by atoms with E-state index >= 15 is 0 Å². The summed E-state index contributed by atoms with van der Waals surface area (Å²) < 4.78 is 20.1. The van der Waals surface area contributed by atoms with Gasteiger partial charge in [0.25, 0.3) is 11.8 Å². The van der Waals surface area contributed by atoms with Crippen molar-refractivity contribution in [3.63, 3.8) is 0 Å². The largest absolute Gasteiger partial charge is 0.417 e. The average Bonchev–Trinajstić information content (AvgIpc) is 3.47. The van der Waals surface area contributed by atoms with E-state index in [1.807, 2.05) is 0 Å². The summed E-state index contributed by atoms with van der Waals surface area (Å²) in [4.78, 5) is 43.9. The van der Waals surface area contributed by atoms with Gasteiger partial charge in [0.05, 0.1) is 11.7 Å². The quantitative estimate of drug-likeness (QED) is 0.346. The number of fused-ring (bicyclic) bond motifs is 2. The van der Waals surface area contributed by atoms with Crippen molar-refractivity contribution >= 4 is 28.6 Å². The number of hydrogen-bond donors (Lipinski definition) is 3. The summed E-state index contributed by atoms with van der Waals surface area (Å²) in [7, 11) is 0. The van der Waals surface area contributed by atoms with E-state index < -0.39 is 17.6 Å². The zero-order chi connectivity index (χ0) is 24.5. The SMILES string of the molecule is Cc1ccc(CNC(=O)c2cc(C(=O)NCc3ccc4oc(=O)[nH]c4c3)nc3ccnn23)cc1F. The van der Waals surface area contributed by atoms with Crippen molar-refractivity contribution in [2.24, 2.45) is 0 Å². The topological polar surface area (TPSA) is 134 Å². The van der Waals surface area contributed by atoms with Gasteiger partial charge >= 0.3 is 5.76 Å². The molecule has 0 aliphatic heterocycles. The Morgan fingerprint density at radius 1 is 1.03 bits per heavy atom. The van der Waals surface area contributed by atoms with Crippen LogP contribution in [-0.2, 0) is 13.1 Å². The van der Waals surface area contributed by atoms with Gasteiger partial charge in [-0.15, -0.1) is 0 Å². The first-order valence-corrected chi connectivity index (χ1v) is 10.7. The van der Waals surface area contributed by atoms with Gasteiger partial charge in [-0.2, -0.15) is 5.10 Å². The van der Waals surface area contributed by atoms with E-state index in [1.165, 1.54) is 22.8 Å². The Labute approximate surface area is 196 Å². The van der Waals surface area contributed by atoms with Crippen molar-refractivity contribution in [3.8, 4) is 0 Å². The van der Waals surface area contributed by atoms with Gasteiger partial charge in [-0.05, 0) is 41.8 Å². The minimum atomic E-state index is -0.558. The zero-order valence-corrected chi connectivity index (χ0v) is 18.5. The lowest BCUT2D eigenvalue weighted by Gasteiger charge is -2.10. The molecule has 5 rings (SSSR count). The fraction of sp³-hybridized carbons (Fsp3) is 0.125. The fourth-order valence-corrected chi connectivity index (χ4v) is 3.59. The first kappa shape index (κ1) is 22.0. The molecule has 0 unspecified atom stereocenters. The summed E-state index contributed by atoms with van der Waals surface area (Å²) in [6, 6.07) is 12.7. The van der Waals surface area contributed by atoms with Crippen LogP contribution in [-0.4, -0.2) is 31.4 Å². The van der Waals surface area contributed by atoms with Crippen LogP contribution in [0, 0.1) is 12.7 Å². The van der Waals surface area contributed by atoms with Crippen LogP contribution >= 0.6 is 0 Å². The Hall–Kier alpha value is -4.80. The van der Waals surface area contributed by atoms with Crippen molar-refractivity contribution < 1.29 is 18.4 Å². The van der Waals surface area contributed by atoms with Gasteiger partial charge in [0.15, 0.2) is 11.2 Å². The number of carbonyl (C=O) groups excluding carboxylic acids is 2. The number of oxazole rings is 1. The highest BCUT2D eigenvalue weighted by Gasteiger charge is 2.18. The van der Waals surface area contributed by atoms with Crippen molar-refractivity contribution in [2.75, 3.05) is 0 Å². The molecule has 0 atom stereocenters. The highest BCUT2D eigenvalue weighted by Crippen LogP contribution is 2.13. The van der Waals surface area contributed by atoms with E-state index in [0.717, 1.165) is 5.56 Å². The lowest BCUT2D eigenvalue weighted by atomic mass is 10.1. The molecular formula is C24H19FN6O4. The number of rotatable bonds is 6. The maximum Gasteiger partial charge on any atom is 0.417 e. The molecule has 11 heteroatoms. The fourth-order valence-electron chi connectivity index (χ4n) is 3.59. The Morgan fingerprint density at radius 2 is 1.77 bits per heavy atom. The van der Waals surface area contributed by atoms with Crippen molar-refractivity contribution in [1.29, 1.82) is 0 Å². The molecule has 0 fully saturated rings. The number of aryl methyl sites for hydroxylation is 1. The Bertz CT molecular complexity index is 1650. The smallest absolute Gasteiger partial charge is 0.408 e. The maximum absolute atomic E-state index is 13.8. The van der Waals surface area contributed by atoms with Crippen LogP contribution in [0.15, 0.2) is 63.9 Å². The minimum absolute atomic E-state index is 0.0299. The summed E-state index contributed by atoms with van der Waals surface area (Å²) in [5.41, 5.74) is 3.24. The molecule has 3 aromatic heterocycles. The van der Waals surface area contributed by atoms with Gasteiger partial charge < -0.3 is 15.1 Å². The Kier molecular flexibility index (Phi) is 5.57. The molecule has 35 heavy (non-hydrogen) atoms. The molecule has 0 bridgehead atoms. The number of carbonyl (C=O) groups is 2. The Morgan fingerprint density at radius 3 is 2.57 bits per heavy atom. The Balaban J connectivity index is 1.33. The molecule has 0 aliphatic rings. The summed E-state index contributed by atoms with van der Waals surface area (Å²) in [6.07, 6.45) is 1.47. The number of aromatic amines is 1. The van der Waals surface area contributed by atoms with E-state index in [0.29, 0.717) is 27.9 Å². The molecule has 0 spiro atoms. The summed E-state index contributed by atoms with van der Waals surface area (Å²) in [5.74, 6) is -1.90. The second kappa shape index (κ2) is 8.86. The standard InChI is InChI=1S/C24H19FN6O4/c1-13-2-3-14(8-16(13)25)11-27-23(33)19-10-18(29-21-6-7-28-31(19)21)22(32)26-12-15-4-5-20-17(9-15)30-24(34)35-20/h2-10H,11-12H2,1H3,(H,26,32)(H,27,33)(H,30,34). The van der Waals surface area contributed by atoms with E-state index in [-0.39, 0.29) is 30.3 Å². The third kappa shape index (κ3) is 4.51. The van der Waals surface area contributed by atoms with Crippen LogP contribution < -0.4 is 16.4 Å². The van der Waals surface area contributed by atoms with Gasteiger partial charge in [-0.1, -0.05) is 18.2 Å². The van der Waals surface area contributed by atoms with Gasteiger partial charge in [-0.25, -0.2) is 18.7 Å². The second-order valence-corrected chi connectivity index (χ2v) is 7.92. The highest BCUT2D eigenvalue weighted by atomic mass is 19.1. The number of halogens is 1. The molecule has 0 radical (unpaired) electrons. The summed E-state index contributed by atoms with van der Waals surface area (Å²) in [6.45, 7) is 1.92. The molecule has 10 nitrogen and oxygen atoms in total. The van der Waals surface area contributed by atoms with E-state index in [2.05, 4.69) is 25.7 Å². The minimum Gasteiger partial charge on any atom is -0.408 e. The summed E-state index contributed by atoms with van der Waals surface area (Å²) in [5, 5.41) is 9.58. The molecule has 5 aromatic rings. The third-order valence-corrected chi connectivity index (χ3v) is 5.45. The summed E-state index contributed by atoms with van der Waals surface area (Å²) >= 11 is 0. The molecule has 2 aromatic carbocycles. The molecule has 0 aliphatic carbocycles. The number of hydrogen-bond acceptors (Lipinski definition) is 6. The molecule has 0 saturated carbocycles. The van der Waals surface area contributed by atoms with E-state index in [4.69, 9.17) is 4.42 Å². The van der Waals surface area contributed by atoms with E-state index in [1.54, 1.807) is 43.3 Å². The molecule has 176 valence electrons. The van der Waals surface area contributed by atoms with Crippen LogP contribution in [0.3, 0.4) is 0 Å². The van der Waals surface area contributed by atoms with Crippen molar-refractivity contribution in [3.05, 3.63) is 99.2 Å². The lowest BCUT2D eigenvalue weighted by Crippen LogP contribution is -2.28. The number of benzene rings is 2. The first-order valence-electron chi connectivity index (χ1n) is 10.7. The third-order valence-electron chi connectivity index (χ3n) is 5.45. The lowest BCUT2D eigenvalue weighted by molar-refractivity contribution is 0.0942. The van der Waals surface area contributed by atoms with Gasteiger partial charge in [0, 0.05) is 25.2 Å². The zero-order valence-electron chi connectivity index (χ0n) is 18.5. The van der Waals surface area contributed by atoms with E-state index in [9.17, 15) is 18.8 Å². The average molecular weight is 474 g/mol. The molecule has 2 amide bonds. The molecule has 3 heterocycles. The molecule has 3 N–H and O–H groups in total. The van der Waals surface area contributed by atoms with Gasteiger partial charge in [-0.3, -0.25) is 14.6 Å². The number of nitrogens with one attached hydrogen (secondary N) is 3. The van der Waals surface area contributed by atoms with Crippen LogP contribution in [0.4, 0.5) is 4.39 Å². The monoisotopic (exact) mass is 474 g/mol. The second-order valence-electron chi connectivity index (χ2n) is 7.92. The van der Waals surface area contributed by atoms with Gasteiger partial charge in [0.2, 0.25) is 0 Å².